The van der Waals surface area contributed by atoms with Gasteiger partial charge in [0, 0.05) is 18.6 Å². The molecule has 0 aliphatic heterocycles. The van der Waals surface area contributed by atoms with Crippen molar-refractivity contribution in [3.05, 3.63) is 24.0 Å². The van der Waals surface area contributed by atoms with Crippen molar-refractivity contribution in [1.82, 2.24) is 15.1 Å². The van der Waals surface area contributed by atoms with Gasteiger partial charge in [-0.1, -0.05) is 16.5 Å². The van der Waals surface area contributed by atoms with Crippen molar-refractivity contribution in [2.45, 2.75) is 13.3 Å². The van der Waals surface area contributed by atoms with Crippen molar-refractivity contribution in [2.24, 2.45) is 0 Å². The number of hydrogen-bond donors (Lipinski definition) is 1. The van der Waals surface area contributed by atoms with Gasteiger partial charge in [0.1, 0.15) is 0 Å². The third-order valence-electron chi connectivity index (χ3n) is 2.79. The Labute approximate surface area is 119 Å². The van der Waals surface area contributed by atoms with E-state index in [0.717, 1.165) is 15.8 Å². The van der Waals surface area contributed by atoms with Crippen LogP contribution in [-0.4, -0.2) is 28.3 Å². The summed E-state index contributed by atoms with van der Waals surface area (Å²) >= 11 is 1.44. The van der Waals surface area contributed by atoms with Crippen LogP contribution in [0.3, 0.4) is 0 Å². The van der Waals surface area contributed by atoms with Crippen molar-refractivity contribution < 1.29 is 9.26 Å². The molecule has 3 aromatic rings. The minimum Gasteiger partial charge on any atom is -0.381 e. The van der Waals surface area contributed by atoms with Gasteiger partial charge in [-0.3, -0.25) is 0 Å². The van der Waals surface area contributed by atoms with Gasteiger partial charge in [-0.05, 0) is 25.1 Å². The fraction of sp³-hybridized carbons (Fsp3) is 0.308. The summed E-state index contributed by atoms with van der Waals surface area (Å²) in [5.74, 6) is 1.16. The number of nitrogens with two attached hydrogens (primary N) is 1. The van der Waals surface area contributed by atoms with E-state index in [-0.39, 0.29) is 0 Å². The van der Waals surface area contributed by atoms with Crippen molar-refractivity contribution in [2.75, 3.05) is 18.9 Å². The Hall–Kier alpha value is -1.99. The molecule has 0 atom stereocenters. The maximum absolute atomic E-state index is 5.69. The number of thiazole rings is 1. The highest BCUT2D eigenvalue weighted by Gasteiger charge is 2.10. The lowest BCUT2D eigenvalue weighted by Crippen LogP contribution is -1.99. The maximum atomic E-state index is 5.69. The van der Waals surface area contributed by atoms with Crippen LogP contribution in [0.4, 0.5) is 5.13 Å². The first-order chi connectivity index (χ1) is 9.76. The van der Waals surface area contributed by atoms with Gasteiger partial charge in [-0.2, -0.15) is 4.98 Å². The number of aromatic nitrogens is 3. The highest BCUT2D eigenvalue weighted by molar-refractivity contribution is 7.22. The summed E-state index contributed by atoms with van der Waals surface area (Å²) in [5, 5.41) is 4.50. The normalized spacial score (nSPS) is 11.2. The fourth-order valence-electron chi connectivity index (χ4n) is 1.86. The molecule has 7 heteroatoms. The summed E-state index contributed by atoms with van der Waals surface area (Å²) in [6.07, 6.45) is 0.646. The average Bonchev–Trinajstić information content (AvgIpc) is 3.03. The van der Waals surface area contributed by atoms with Gasteiger partial charge < -0.3 is 15.0 Å². The zero-order valence-electron chi connectivity index (χ0n) is 11.0. The Kier molecular flexibility index (Phi) is 3.62. The molecule has 20 heavy (non-hydrogen) atoms. The van der Waals surface area contributed by atoms with Crippen molar-refractivity contribution in [3.63, 3.8) is 0 Å². The monoisotopic (exact) mass is 290 g/mol. The lowest BCUT2D eigenvalue weighted by molar-refractivity contribution is 0.149. The Morgan fingerprint density at radius 2 is 2.25 bits per heavy atom. The predicted octanol–water partition coefficient (Wildman–Crippen LogP) is 2.51. The van der Waals surface area contributed by atoms with E-state index in [1.807, 2.05) is 25.1 Å². The minimum atomic E-state index is 0.505. The molecule has 0 radical (unpaired) electrons. The Bertz CT molecular complexity index is 722. The fourth-order valence-corrected chi connectivity index (χ4v) is 2.63. The van der Waals surface area contributed by atoms with Gasteiger partial charge in [0.05, 0.1) is 16.8 Å². The van der Waals surface area contributed by atoms with Gasteiger partial charge in [0.25, 0.3) is 5.89 Å². The van der Waals surface area contributed by atoms with Crippen LogP contribution in [0.25, 0.3) is 21.7 Å². The first-order valence-corrected chi connectivity index (χ1v) is 7.14. The lowest BCUT2D eigenvalue weighted by atomic mass is 10.2. The van der Waals surface area contributed by atoms with E-state index in [4.69, 9.17) is 15.0 Å². The molecule has 6 nitrogen and oxygen atoms in total. The van der Waals surface area contributed by atoms with Crippen LogP contribution in [0.1, 0.15) is 12.7 Å². The molecule has 0 aliphatic carbocycles. The van der Waals surface area contributed by atoms with Crippen molar-refractivity contribution in [3.8, 4) is 11.5 Å². The summed E-state index contributed by atoms with van der Waals surface area (Å²) in [5.41, 5.74) is 7.45. The van der Waals surface area contributed by atoms with Crippen molar-refractivity contribution >= 4 is 26.7 Å². The van der Waals surface area contributed by atoms with Gasteiger partial charge in [-0.15, -0.1) is 0 Å². The van der Waals surface area contributed by atoms with Gasteiger partial charge in [0.15, 0.2) is 11.0 Å². The average molecular weight is 290 g/mol. The second-order valence-corrected chi connectivity index (χ2v) is 5.26. The molecule has 0 bridgehead atoms. The quantitative estimate of drug-likeness (QED) is 0.726. The van der Waals surface area contributed by atoms with Crippen LogP contribution in [0.2, 0.25) is 0 Å². The van der Waals surface area contributed by atoms with Crippen LogP contribution in [0.5, 0.6) is 0 Å². The highest BCUT2D eigenvalue weighted by atomic mass is 32.1. The number of ether oxygens (including phenoxy) is 1. The standard InChI is InChI=1S/C13H14N4O2S/c1-2-18-6-5-11-16-12(19-17-11)8-3-4-9-10(7-8)20-13(14)15-9/h3-4,7H,2,5-6H2,1H3,(H2,14,15). The van der Waals surface area contributed by atoms with Crippen LogP contribution in [-0.2, 0) is 11.2 Å². The Morgan fingerprint density at radius 3 is 3.10 bits per heavy atom. The van der Waals surface area contributed by atoms with E-state index in [0.29, 0.717) is 36.5 Å². The largest absolute Gasteiger partial charge is 0.381 e. The molecule has 2 heterocycles. The third kappa shape index (κ3) is 2.63. The van der Waals surface area contributed by atoms with E-state index < -0.39 is 0 Å². The highest BCUT2D eigenvalue weighted by Crippen LogP contribution is 2.28. The summed E-state index contributed by atoms with van der Waals surface area (Å²) in [7, 11) is 0. The molecule has 0 aliphatic rings. The number of benzene rings is 1. The SMILES string of the molecule is CCOCCc1noc(-c2ccc3nc(N)sc3c2)n1. The minimum absolute atomic E-state index is 0.505. The Balaban J connectivity index is 1.83. The van der Waals surface area contributed by atoms with Gasteiger partial charge >= 0.3 is 0 Å². The number of nitrogens with zero attached hydrogens (tertiary/aromatic N) is 3. The second kappa shape index (κ2) is 5.56. The van der Waals surface area contributed by atoms with Crippen molar-refractivity contribution in [1.29, 1.82) is 0 Å². The van der Waals surface area contributed by atoms with Gasteiger partial charge in [-0.25, -0.2) is 4.98 Å². The molecule has 3 rings (SSSR count). The summed E-state index contributed by atoms with van der Waals surface area (Å²) < 4.78 is 11.6. The molecule has 0 spiro atoms. The molecule has 2 aromatic heterocycles. The van der Waals surface area contributed by atoms with Crippen LogP contribution >= 0.6 is 11.3 Å². The first kappa shape index (κ1) is 13.0. The molecule has 2 N–H and O–H groups in total. The number of rotatable bonds is 5. The first-order valence-electron chi connectivity index (χ1n) is 6.33. The van der Waals surface area contributed by atoms with Gasteiger partial charge in [0.2, 0.25) is 0 Å². The van der Waals surface area contributed by atoms with E-state index in [9.17, 15) is 0 Å². The molecular weight excluding hydrogens is 276 g/mol. The van der Waals surface area contributed by atoms with E-state index in [2.05, 4.69) is 15.1 Å². The molecule has 0 fully saturated rings. The summed E-state index contributed by atoms with van der Waals surface area (Å²) in [6, 6.07) is 5.77. The topological polar surface area (TPSA) is 87.1 Å². The summed E-state index contributed by atoms with van der Waals surface area (Å²) in [4.78, 5) is 8.58. The van der Waals surface area contributed by atoms with Crippen LogP contribution < -0.4 is 5.73 Å². The van der Waals surface area contributed by atoms with E-state index in [1.165, 1.54) is 11.3 Å². The van der Waals surface area contributed by atoms with Crippen LogP contribution in [0.15, 0.2) is 22.7 Å². The van der Waals surface area contributed by atoms with Crippen LogP contribution in [0, 0.1) is 0 Å². The lowest BCUT2D eigenvalue weighted by Gasteiger charge is -1.95. The molecular formula is C13H14N4O2S. The maximum Gasteiger partial charge on any atom is 0.257 e. The van der Waals surface area contributed by atoms with E-state index >= 15 is 0 Å². The Morgan fingerprint density at radius 1 is 1.35 bits per heavy atom. The molecule has 0 amide bonds. The summed E-state index contributed by atoms with van der Waals surface area (Å²) in [6.45, 7) is 3.24. The third-order valence-corrected chi connectivity index (χ3v) is 3.64. The molecule has 0 saturated heterocycles. The number of hydrogen-bond acceptors (Lipinski definition) is 7. The zero-order valence-corrected chi connectivity index (χ0v) is 11.8. The number of anilines is 1. The molecule has 104 valence electrons. The number of fused-ring (bicyclic) bond motifs is 1. The number of nitrogen functional groups attached to an aromatic ring is 1. The molecule has 0 saturated carbocycles. The second-order valence-electron chi connectivity index (χ2n) is 4.20. The molecule has 0 unspecified atom stereocenters. The molecule has 1 aromatic carbocycles. The zero-order chi connectivity index (χ0) is 13.9. The predicted molar refractivity (Wildman–Crippen MR) is 77.5 cm³/mol. The smallest absolute Gasteiger partial charge is 0.257 e. The van der Waals surface area contributed by atoms with E-state index in [1.54, 1.807) is 0 Å².